The number of anilines is 2. The Hall–Kier alpha value is -1.94. The first kappa shape index (κ1) is 10.6. The normalized spacial score (nSPS) is 10.1. The number of nitrogens with one attached hydrogen (secondary N) is 2. The van der Waals surface area contributed by atoms with Gasteiger partial charge < -0.3 is 16.0 Å². The van der Waals surface area contributed by atoms with Gasteiger partial charge in [0, 0.05) is 22.6 Å². The summed E-state index contributed by atoms with van der Waals surface area (Å²) in [7, 11) is 0. The van der Waals surface area contributed by atoms with Gasteiger partial charge in [-0.3, -0.25) is 4.79 Å². The second-order valence-corrected chi connectivity index (χ2v) is 3.75. The maximum Gasteiger partial charge on any atom is 0.272 e. The summed E-state index contributed by atoms with van der Waals surface area (Å²) >= 11 is 5.80. The Kier molecular flexibility index (Phi) is 2.83. The van der Waals surface area contributed by atoms with Crippen molar-refractivity contribution >= 4 is 28.9 Å². The number of rotatable bonds is 2. The van der Waals surface area contributed by atoms with E-state index in [0.717, 1.165) is 0 Å². The molecule has 0 bridgehead atoms. The fourth-order valence-electron chi connectivity index (χ4n) is 1.31. The van der Waals surface area contributed by atoms with Gasteiger partial charge in [-0.1, -0.05) is 17.7 Å². The molecule has 4 nitrogen and oxygen atoms in total. The number of carbonyl (C=O) groups excluding carboxylic acids is 1. The van der Waals surface area contributed by atoms with E-state index < -0.39 is 0 Å². The lowest BCUT2D eigenvalue weighted by atomic mass is 10.3. The van der Waals surface area contributed by atoms with Crippen molar-refractivity contribution in [3.05, 3.63) is 47.2 Å². The minimum atomic E-state index is -0.251. The number of aromatic amines is 1. The third-order valence-corrected chi connectivity index (χ3v) is 2.27. The maximum absolute atomic E-state index is 11.7. The topological polar surface area (TPSA) is 70.9 Å². The molecular formula is C11H10ClN3O. The number of hydrogen-bond donors (Lipinski definition) is 3. The molecule has 0 atom stereocenters. The molecule has 0 spiro atoms. The van der Waals surface area contributed by atoms with Gasteiger partial charge in [0.15, 0.2) is 0 Å². The molecular weight excluding hydrogens is 226 g/mol. The van der Waals surface area contributed by atoms with Gasteiger partial charge in [0.2, 0.25) is 0 Å². The summed E-state index contributed by atoms with van der Waals surface area (Å²) in [5, 5.41) is 3.28. The van der Waals surface area contributed by atoms with E-state index in [9.17, 15) is 4.79 Å². The summed E-state index contributed by atoms with van der Waals surface area (Å²) in [6, 6.07) is 8.51. The van der Waals surface area contributed by atoms with E-state index in [4.69, 9.17) is 17.3 Å². The Labute approximate surface area is 97.4 Å². The maximum atomic E-state index is 11.7. The highest BCUT2D eigenvalue weighted by atomic mass is 35.5. The van der Waals surface area contributed by atoms with Gasteiger partial charge in [-0.2, -0.15) is 0 Å². The predicted molar refractivity (Wildman–Crippen MR) is 64.6 cm³/mol. The van der Waals surface area contributed by atoms with Gasteiger partial charge in [-0.15, -0.1) is 0 Å². The van der Waals surface area contributed by atoms with Crippen LogP contribution in [-0.4, -0.2) is 10.9 Å². The molecule has 82 valence electrons. The molecule has 16 heavy (non-hydrogen) atoms. The number of H-pyrrole nitrogens is 1. The molecule has 2 rings (SSSR count). The average Bonchev–Trinajstić information content (AvgIpc) is 2.65. The van der Waals surface area contributed by atoms with Crippen LogP contribution < -0.4 is 11.1 Å². The Morgan fingerprint density at radius 1 is 1.38 bits per heavy atom. The molecule has 0 unspecified atom stereocenters. The molecule has 5 heteroatoms. The number of aromatic nitrogens is 1. The fraction of sp³-hybridized carbons (Fsp3) is 0. The first-order chi connectivity index (χ1) is 7.65. The first-order valence-corrected chi connectivity index (χ1v) is 5.04. The van der Waals surface area contributed by atoms with Gasteiger partial charge in [0.25, 0.3) is 5.91 Å². The molecule has 1 amide bonds. The Balaban J connectivity index is 2.13. The highest BCUT2D eigenvalue weighted by Crippen LogP contribution is 2.16. The molecule has 0 saturated carbocycles. The van der Waals surface area contributed by atoms with Crippen LogP contribution in [0.15, 0.2) is 36.5 Å². The lowest BCUT2D eigenvalue weighted by Crippen LogP contribution is -2.11. The molecule has 0 aliphatic rings. The summed E-state index contributed by atoms with van der Waals surface area (Å²) in [6.07, 6.45) is 1.56. The van der Waals surface area contributed by atoms with E-state index in [1.165, 1.54) is 0 Å². The van der Waals surface area contributed by atoms with E-state index in [1.807, 2.05) is 0 Å². The molecule has 1 aromatic heterocycles. The summed E-state index contributed by atoms with van der Waals surface area (Å²) in [4.78, 5) is 14.5. The quantitative estimate of drug-likeness (QED) is 0.749. The van der Waals surface area contributed by atoms with Gasteiger partial charge in [0.1, 0.15) is 5.69 Å². The van der Waals surface area contributed by atoms with Crippen molar-refractivity contribution in [3.63, 3.8) is 0 Å². The second-order valence-electron chi connectivity index (χ2n) is 3.31. The molecule has 4 N–H and O–H groups in total. The van der Waals surface area contributed by atoms with Crippen molar-refractivity contribution in [2.45, 2.75) is 0 Å². The van der Waals surface area contributed by atoms with Crippen LogP contribution in [0.3, 0.4) is 0 Å². The van der Waals surface area contributed by atoms with Gasteiger partial charge in [0.05, 0.1) is 0 Å². The van der Waals surface area contributed by atoms with Crippen LogP contribution in [0.1, 0.15) is 10.5 Å². The third-order valence-electron chi connectivity index (χ3n) is 2.03. The van der Waals surface area contributed by atoms with E-state index in [0.29, 0.717) is 22.1 Å². The van der Waals surface area contributed by atoms with Crippen LogP contribution in [-0.2, 0) is 0 Å². The first-order valence-electron chi connectivity index (χ1n) is 4.66. The summed E-state index contributed by atoms with van der Waals surface area (Å²) < 4.78 is 0. The fourth-order valence-corrected chi connectivity index (χ4v) is 1.50. The Morgan fingerprint density at radius 2 is 2.19 bits per heavy atom. The van der Waals surface area contributed by atoms with Crippen LogP contribution in [0, 0.1) is 0 Å². The second kappa shape index (κ2) is 4.28. The lowest BCUT2D eigenvalue weighted by molar-refractivity contribution is 0.102. The zero-order chi connectivity index (χ0) is 11.5. The molecule has 1 heterocycles. The number of benzene rings is 1. The molecule has 2 aromatic rings. The van der Waals surface area contributed by atoms with Crippen molar-refractivity contribution in [2.24, 2.45) is 0 Å². The van der Waals surface area contributed by atoms with Crippen LogP contribution in [0.4, 0.5) is 11.4 Å². The standard InChI is InChI=1S/C11H10ClN3O/c12-7-2-1-3-9(4-7)15-11(16)10-5-8(13)6-14-10/h1-6,14H,13H2,(H,15,16). The molecule has 0 saturated heterocycles. The highest BCUT2D eigenvalue weighted by molar-refractivity contribution is 6.30. The van der Waals surface area contributed by atoms with Crippen molar-refractivity contribution in [3.8, 4) is 0 Å². The Morgan fingerprint density at radius 3 is 2.81 bits per heavy atom. The lowest BCUT2D eigenvalue weighted by Gasteiger charge is -2.03. The molecule has 0 fully saturated rings. The van der Waals surface area contributed by atoms with Crippen LogP contribution in [0.25, 0.3) is 0 Å². The molecule has 1 aromatic carbocycles. The summed E-state index contributed by atoms with van der Waals surface area (Å²) in [5.74, 6) is -0.251. The van der Waals surface area contributed by atoms with Crippen LogP contribution in [0.2, 0.25) is 5.02 Å². The van der Waals surface area contributed by atoms with Crippen molar-refractivity contribution in [2.75, 3.05) is 11.1 Å². The number of nitrogens with two attached hydrogens (primary N) is 1. The zero-order valence-electron chi connectivity index (χ0n) is 8.33. The van der Waals surface area contributed by atoms with Crippen LogP contribution in [0.5, 0.6) is 0 Å². The smallest absolute Gasteiger partial charge is 0.272 e. The minimum absolute atomic E-state index is 0.251. The minimum Gasteiger partial charge on any atom is -0.397 e. The zero-order valence-corrected chi connectivity index (χ0v) is 9.08. The van der Waals surface area contributed by atoms with Crippen molar-refractivity contribution in [1.82, 2.24) is 4.98 Å². The number of halogens is 1. The third kappa shape index (κ3) is 2.35. The van der Waals surface area contributed by atoms with E-state index in [2.05, 4.69) is 10.3 Å². The van der Waals surface area contributed by atoms with Crippen molar-refractivity contribution < 1.29 is 4.79 Å². The number of hydrogen-bond acceptors (Lipinski definition) is 2. The predicted octanol–water partition coefficient (Wildman–Crippen LogP) is 2.50. The van der Waals surface area contributed by atoms with Crippen molar-refractivity contribution in [1.29, 1.82) is 0 Å². The van der Waals surface area contributed by atoms with E-state index in [-0.39, 0.29) is 5.91 Å². The van der Waals surface area contributed by atoms with Gasteiger partial charge >= 0.3 is 0 Å². The summed E-state index contributed by atoms with van der Waals surface area (Å²) in [5.41, 5.74) is 7.08. The monoisotopic (exact) mass is 235 g/mol. The van der Waals surface area contributed by atoms with E-state index in [1.54, 1.807) is 36.5 Å². The molecule has 0 radical (unpaired) electrons. The highest BCUT2D eigenvalue weighted by Gasteiger charge is 2.07. The number of carbonyl (C=O) groups is 1. The number of amides is 1. The average molecular weight is 236 g/mol. The number of nitrogen functional groups attached to an aromatic ring is 1. The molecule has 0 aliphatic carbocycles. The van der Waals surface area contributed by atoms with Gasteiger partial charge in [-0.05, 0) is 24.3 Å². The van der Waals surface area contributed by atoms with E-state index >= 15 is 0 Å². The largest absolute Gasteiger partial charge is 0.397 e. The SMILES string of the molecule is Nc1c[nH]c(C(=O)Nc2cccc(Cl)c2)c1. The molecule has 0 aliphatic heterocycles. The summed E-state index contributed by atoms with van der Waals surface area (Å²) in [6.45, 7) is 0. The Bertz CT molecular complexity index is 521. The van der Waals surface area contributed by atoms with Gasteiger partial charge in [-0.25, -0.2) is 0 Å². The van der Waals surface area contributed by atoms with Crippen LogP contribution >= 0.6 is 11.6 Å².